The maximum absolute atomic E-state index is 5.63. The quantitative estimate of drug-likeness (QED) is 0.821. The van der Waals surface area contributed by atoms with Gasteiger partial charge in [-0.1, -0.05) is 49.0 Å². The lowest BCUT2D eigenvalue weighted by molar-refractivity contribution is 1.37. The van der Waals surface area contributed by atoms with E-state index in [1.54, 1.807) is 0 Å². The summed E-state index contributed by atoms with van der Waals surface area (Å²) < 4.78 is 0. The van der Waals surface area contributed by atoms with Crippen LogP contribution in [0.4, 0.5) is 0 Å². The highest BCUT2D eigenvalue weighted by molar-refractivity contribution is 7.98. The number of thioether (sulfide) groups is 1. The van der Waals surface area contributed by atoms with E-state index in [2.05, 4.69) is 43.0 Å². The number of benzene rings is 2. The van der Waals surface area contributed by atoms with Crippen molar-refractivity contribution in [2.75, 3.05) is 0 Å². The molecule has 17 heavy (non-hydrogen) atoms. The minimum absolute atomic E-state index is 0.615. The van der Waals surface area contributed by atoms with Gasteiger partial charge in [-0.3, -0.25) is 0 Å². The van der Waals surface area contributed by atoms with Gasteiger partial charge in [-0.05, 0) is 23.3 Å². The normalized spacial score (nSPS) is 10.1. The van der Waals surface area contributed by atoms with E-state index in [4.69, 9.17) is 5.73 Å². The second kappa shape index (κ2) is 5.60. The van der Waals surface area contributed by atoms with Crippen molar-refractivity contribution in [1.29, 1.82) is 0 Å². The Hall–Kier alpha value is -1.67. The van der Waals surface area contributed by atoms with Crippen LogP contribution >= 0.6 is 11.8 Å². The van der Waals surface area contributed by atoms with Crippen molar-refractivity contribution < 1.29 is 0 Å². The molecule has 2 aromatic rings. The van der Waals surface area contributed by atoms with Gasteiger partial charge in [0.25, 0.3) is 0 Å². The Morgan fingerprint density at radius 2 is 1.65 bits per heavy atom. The lowest BCUT2D eigenvalue weighted by Crippen LogP contribution is -1.92. The molecule has 0 amide bonds. The first-order chi connectivity index (χ1) is 8.25. The van der Waals surface area contributed by atoms with Crippen molar-refractivity contribution in [2.24, 2.45) is 5.73 Å². The molecule has 0 heterocycles. The zero-order valence-electron chi connectivity index (χ0n) is 9.60. The third-order valence-electron chi connectivity index (χ3n) is 2.47. The van der Waals surface area contributed by atoms with Gasteiger partial charge in [-0.15, -0.1) is 11.8 Å². The maximum atomic E-state index is 5.63. The van der Waals surface area contributed by atoms with Crippen LogP contribution in [-0.4, -0.2) is 0 Å². The Labute approximate surface area is 106 Å². The maximum Gasteiger partial charge on any atom is 0.0314 e. The third kappa shape index (κ3) is 3.40. The topological polar surface area (TPSA) is 26.0 Å². The third-order valence-corrected chi connectivity index (χ3v) is 3.56. The molecule has 0 aliphatic carbocycles. The van der Waals surface area contributed by atoms with E-state index in [9.17, 15) is 0 Å². The predicted molar refractivity (Wildman–Crippen MR) is 75.7 cm³/mol. The summed E-state index contributed by atoms with van der Waals surface area (Å²) >= 11 is 1.82. The van der Waals surface area contributed by atoms with Crippen molar-refractivity contribution in [2.45, 2.75) is 10.6 Å². The van der Waals surface area contributed by atoms with Crippen LogP contribution in [0.3, 0.4) is 0 Å². The second-order valence-corrected chi connectivity index (χ2v) is 4.87. The Bertz CT molecular complexity index is 488. The number of hydrogen-bond acceptors (Lipinski definition) is 2. The lowest BCUT2D eigenvalue weighted by Gasteiger charge is -2.04. The van der Waals surface area contributed by atoms with E-state index in [0.717, 1.165) is 11.3 Å². The smallest absolute Gasteiger partial charge is 0.0314 e. The van der Waals surface area contributed by atoms with Gasteiger partial charge in [0.05, 0.1) is 0 Å². The SMILES string of the molecule is C=C(N)c1ccc(SCc2ccccc2)cc1. The van der Waals surface area contributed by atoms with Crippen LogP contribution in [0.5, 0.6) is 0 Å². The Morgan fingerprint density at radius 1 is 1.00 bits per heavy atom. The summed E-state index contributed by atoms with van der Waals surface area (Å²) in [5.74, 6) is 0.990. The van der Waals surface area contributed by atoms with Crippen molar-refractivity contribution in [3.63, 3.8) is 0 Å². The molecule has 0 aromatic heterocycles. The highest BCUT2D eigenvalue weighted by atomic mass is 32.2. The minimum atomic E-state index is 0.615. The molecule has 0 saturated carbocycles. The summed E-state index contributed by atoms with van der Waals surface area (Å²) in [5.41, 5.74) is 8.58. The summed E-state index contributed by atoms with van der Waals surface area (Å²) in [7, 11) is 0. The molecule has 1 nitrogen and oxygen atoms in total. The summed E-state index contributed by atoms with van der Waals surface area (Å²) in [6.07, 6.45) is 0. The fraction of sp³-hybridized carbons (Fsp3) is 0.0667. The van der Waals surface area contributed by atoms with Gasteiger partial charge >= 0.3 is 0 Å². The minimum Gasteiger partial charge on any atom is -0.399 e. The van der Waals surface area contributed by atoms with Crippen molar-refractivity contribution in [3.05, 3.63) is 72.3 Å². The monoisotopic (exact) mass is 241 g/mol. The molecule has 0 aliphatic rings. The molecule has 0 unspecified atom stereocenters. The second-order valence-electron chi connectivity index (χ2n) is 3.82. The van der Waals surface area contributed by atoms with E-state index >= 15 is 0 Å². The molecule has 0 bridgehead atoms. The van der Waals surface area contributed by atoms with Crippen LogP contribution < -0.4 is 5.73 Å². The lowest BCUT2D eigenvalue weighted by atomic mass is 10.2. The summed E-state index contributed by atoms with van der Waals surface area (Å²) in [4.78, 5) is 1.25. The first kappa shape index (κ1) is 11.8. The van der Waals surface area contributed by atoms with Crippen molar-refractivity contribution >= 4 is 17.5 Å². The van der Waals surface area contributed by atoms with E-state index in [1.807, 2.05) is 30.0 Å². The molecule has 2 rings (SSSR count). The van der Waals surface area contributed by atoms with Crippen molar-refractivity contribution in [1.82, 2.24) is 0 Å². The first-order valence-corrected chi connectivity index (χ1v) is 6.46. The standard InChI is InChI=1S/C15H15NS/c1-12(16)14-7-9-15(10-8-14)17-11-13-5-3-2-4-6-13/h2-10H,1,11,16H2. The molecule has 2 aromatic carbocycles. The highest BCUT2D eigenvalue weighted by Gasteiger charge is 1.97. The fourth-order valence-corrected chi connectivity index (χ4v) is 2.36. The average molecular weight is 241 g/mol. The van der Waals surface area contributed by atoms with Gasteiger partial charge < -0.3 is 5.73 Å². The van der Waals surface area contributed by atoms with Crippen LogP contribution in [0, 0.1) is 0 Å². The zero-order chi connectivity index (χ0) is 12.1. The molecule has 0 fully saturated rings. The Balaban J connectivity index is 1.98. The summed E-state index contributed by atoms with van der Waals surface area (Å²) in [5, 5.41) is 0. The van der Waals surface area contributed by atoms with E-state index < -0.39 is 0 Å². The molecular formula is C15H15NS. The predicted octanol–water partition coefficient (Wildman–Crippen LogP) is 3.91. The van der Waals surface area contributed by atoms with E-state index in [-0.39, 0.29) is 0 Å². The van der Waals surface area contributed by atoms with Gasteiger partial charge in [0.15, 0.2) is 0 Å². The van der Waals surface area contributed by atoms with Gasteiger partial charge in [-0.25, -0.2) is 0 Å². The Morgan fingerprint density at radius 3 is 2.24 bits per heavy atom. The number of hydrogen-bond donors (Lipinski definition) is 1. The molecule has 0 atom stereocenters. The van der Waals surface area contributed by atoms with Gasteiger partial charge in [-0.2, -0.15) is 0 Å². The number of nitrogens with two attached hydrogens (primary N) is 1. The Kier molecular flexibility index (Phi) is 3.89. The molecule has 2 N–H and O–H groups in total. The molecule has 0 saturated heterocycles. The van der Waals surface area contributed by atoms with Crippen LogP contribution in [0.15, 0.2) is 66.1 Å². The molecule has 0 spiro atoms. The summed E-state index contributed by atoms with van der Waals surface area (Å²) in [6, 6.07) is 18.6. The summed E-state index contributed by atoms with van der Waals surface area (Å²) in [6.45, 7) is 3.72. The molecule has 0 aliphatic heterocycles. The first-order valence-electron chi connectivity index (χ1n) is 5.47. The molecular weight excluding hydrogens is 226 g/mol. The highest BCUT2D eigenvalue weighted by Crippen LogP contribution is 2.23. The van der Waals surface area contributed by atoms with Crippen molar-refractivity contribution in [3.8, 4) is 0 Å². The largest absolute Gasteiger partial charge is 0.399 e. The van der Waals surface area contributed by atoms with E-state index in [0.29, 0.717) is 5.70 Å². The molecule has 0 radical (unpaired) electrons. The van der Waals surface area contributed by atoms with Crippen LogP contribution in [-0.2, 0) is 5.75 Å². The van der Waals surface area contributed by atoms with Crippen LogP contribution in [0.2, 0.25) is 0 Å². The van der Waals surface area contributed by atoms with Gasteiger partial charge in [0.1, 0.15) is 0 Å². The molecule has 2 heteroatoms. The van der Waals surface area contributed by atoms with E-state index in [1.165, 1.54) is 10.5 Å². The number of rotatable bonds is 4. The fourth-order valence-electron chi connectivity index (χ4n) is 1.51. The zero-order valence-corrected chi connectivity index (χ0v) is 10.4. The molecule has 86 valence electrons. The average Bonchev–Trinajstić information content (AvgIpc) is 2.38. The van der Waals surface area contributed by atoms with Crippen LogP contribution in [0.1, 0.15) is 11.1 Å². The van der Waals surface area contributed by atoms with Gasteiger partial charge in [0, 0.05) is 16.3 Å². The van der Waals surface area contributed by atoms with Crippen LogP contribution in [0.25, 0.3) is 5.70 Å². The van der Waals surface area contributed by atoms with Gasteiger partial charge in [0.2, 0.25) is 0 Å².